The van der Waals surface area contributed by atoms with Crippen LogP contribution in [0.25, 0.3) is 22.0 Å². The molecule has 8 heteroatoms. The molecule has 1 aliphatic rings. The lowest BCUT2D eigenvalue weighted by Gasteiger charge is -2.34. The summed E-state index contributed by atoms with van der Waals surface area (Å²) in [6.45, 7) is 5.05. The molecule has 2 aromatic heterocycles. The fourth-order valence-electron chi connectivity index (χ4n) is 3.96. The maximum absolute atomic E-state index is 13.8. The first kappa shape index (κ1) is 20.4. The molecule has 1 aromatic carbocycles. The van der Waals surface area contributed by atoms with Crippen molar-refractivity contribution in [1.82, 2.24) is 25.4 Å². The van der Waals surface area contributed by atoms with E-state index in [0.717, 1.165) is 43.2 Å². The summed E-state index contributed by atoms with van der Waals surface area (Å²) in [5.41, 5.74) is 1.20. The number of aromatic nitrogens is 3. The average Bonchev–Trinajstić information content (AvgIpc) is 3.12. The Labute approximate surface area is 173 Å². The molecule has 0 radical (unpaired) electrons. The number of carbonyl (C=O) groups excluding carboxylic acids is 1. The lowest BCUT2D eigenvalue weighted by Crippen LogP contribution is -2.47. The highest BCUT2D eigenvalue weighted by molar-refractivity contribution is 6.05. The molecule has 1 amide bonds. The van der Waals surface area contributed by atoms with E-state index >= 15 is 0 Å². The largest absolute Gasteiger partial charge is 0.348 e. The summed E-state index contributed by atoms with van der Waals surface area (Å²) in [4.78, 5) is 18.8. The number of pyridine rings is 1. The highest BCUT2D eigenvalue weighted by Gasteiger charge is 2.27. The van der Waals surface area contributed by atoms with Crippen LogP contribution in [0.2, 0.25) is 0 Å². The van der Waals surface area contributed by atoms with E-state index in [-0.39, 0.29) is 11.9 Å². The van der Waals surface area contributed by atoms with E-state index in [1.54, 1.807) is 20.0 Å². The monoisotopic (exact) mass is 413 g/mol. The number of likely N-dealkylation sites (tertiary alicyclic amines) is 1. The number of H-pyrrole nitrogens is 1. The van der Waals surface area contributed by atoms with Crippen LogP contribution in [0.15, 0.2) is 36.7 Å². The predicted molar refractivity (Wildman–Crippen MR) is 111 cm³/mol. The number of halogens is 2. The Morgan fingerprint density at radius 3 is 2.70 bits per heavy atom. The Hall–Kier alpha value is -2.87. The molecule has 2 N–H and O–H groups in total. The second-order valence-corrected chi connectivity index (χ2v) is 8.47. The van der Waals surface area contributed by atoms with E-state index in [0.29, 0.717) is 23.2 Å². The quantitative estimate of drug-likeness (QED) is 0.669. The molecule has 0 aliphatic carbocycles. The zero-order valence-corrected chi connectivity index (χ0v) is 17.1. The van der Waals surface area contributed by atoms with Gasteiger partial charge in [-0.15, -0.1) is 0 Å². The Kier molecular flexibility index (Phi) is 5.51. The summed E-state index contributed by atoms with van der Waals surface area (Å²) in [5.74, 6) is -0.666. The summed E-state index contributed by atoms with van der Waals surface area (Å²) in [7, 11) is 0. The maximum Gasteiger partial charge on any atom is 0.272 e. The zero-order chi connectivity index (χ0) is 21.3. The van der Waals surface area contributed by atoms with Crippen LogP contribution in [0.5, 0.6) is 0 Å². The minimum absolute atomic E-state index is 0.0267. The van der Waals surface area contributed by atoms with Crippen LogP contribution in [0.4, 0.5) is 8.78 Å². The summed E-state index contributed by atoms with van der Waals surface area (Å²) in [5, 5.41) is 10.8. The molecule has 0 spiro atoms. The van der Waals surface area contributed by atoms with Gasteiger partial charge in [-0.3, -0.25) is 14.9 Å². The van der Waals surface area contributed by atoms with Crippen LogP contribution in [0.3, 0.4) is 0 Å². The lowest BCUT2D eigenvalue weighted by molar-refractivity contribution is 0.0844. The molecular weight excluding hydrogens is 388 g/mol. The van der Waals surface area contributed by atoms with Gasteiger partial charge in [0.2, 0.25) is 0 Å². The Bertz CT molecular complexity index is 1050. The van der Waals surface area contributed by atoms with Crippen LogP contribution in [-0.2, 0) is 0 Å². The van der Waals surface area contributed by atoms with Gasteiger partial charge < -0.3 is 10.2 Å². The van der Waals surface area contributed by atoms with Crippen molar-refractivity contribution >= 4 is 16.8 Å². The number of benzene rings is 1. The molecule has 0 saturated carbocycles. The van der Waals surface area contributed by atoms with E-state index in [2.05, 4.69) is 25.4 Å². The van der Waals surface area contributed by atoms with Crippen molar-refractivity contribution in [2.24, 2.45) is 0 Å². The van der Waals surface area contributed by atoms with Gasteiger partial charge in [-0.25, -0.2) is 8.78 Å². The summed E-state index contributed by atoms with van der Waals surface area (Å²) >= 11 is 0. The van der Waals surface area contributed by atoms with Crippen molar-refractivity contribution in [1.29, 1.82) is 0 Å². The number of nitrogens with one attached hydrogen (secondary N) is 2. The van der Waals surface area contributed by atoms with Crippen molar-refractivity contribution in [3.63, 3.8) is 0 Å². The van der Waals surface area contributed by atoms with Gasteiger partial charge >= 0.3 is 0 Å². The third-order valence-electron chi connectivity index (χ3n) is 5.34. The molecule has 3 heterocycles. The number of aromatic amines is 1. The molecule has 158 valence electrons. The van der Waals surface area contributed by atoms with Crippen LogP contribution in [0.1, 0.15) is 37.2 Å². The fraction of sp³-hybridized carbons (Fsp3) is 0.409. The topological polar surface area (TPSA) is 73.9 Å². The predicted octanol–water partition coefficient (Wildman–Crippen LogP) is 3.71. The lowest BCUT2D eigenvalue weighted by atomic mass is 10.0. The second kappa shape index (κ2) is 8.10. The van der Waals surface area contributed by atoms with Crippen LogP contribution in [0, 0.1) is 5.82 Å². The molecule has 1 fully saturated rings. The van der Waals surface area contributed by atoms with Crippen molar-refractivity contribution in [2.75, 3.05) is 19.6 Å². The molecule has 0 atom stereocenters. The third kappa shape index (κ3) is 4.64. The van der Waals surface area contributed by atoms with E-state index in [1.807, 2.05) is 18.2 Å². The number of alkyl halides is 1. The van der Waals surface area contributed by atoms with E-state index in [1.165, 1.54) is 6.07 Å². The molecule has 1 saturated heterocycles. The first-order chi connectivity index (χ1) is 14.3. The Morgan fingerprint density at radius 1 is 1.23 bits per heavy atom. The Morgan fingerprint density at radius 2 is 2.00 bits per heavy atom. The van der Waals surface area contributed by atoms with Crippen LogP contribution < -0.4 is 5.32 Å². The van der Waals surface area contributed by atoms with E-state index < -0.39 is 11.5 Å². The maximum atomic E-state index is 13.8. The highest BCUT2D eigenvalue weighted by Crippen LogP contribution is 2.26. The van der Waals surface area contributed by atoms with Gasteiger partial charge in [0.05, 0.1) is 11.7 Å². The van der Waals surface area contributed by atoms with Crippen molar-refractivity contribution < 1.29 is 13.6 Å². The van der Waals surface area contributed by atoms with Crippen LogP contribution >= 0.6 is 0 Å². The SMILES string of the molecule is CC(C)(F)CN1CCC(NC(=O)c2n[nH]c3ccc(-c4cncc(F)c4)cc23)CC1. The van der Waals surface area contributed by atoms with Gasteiger partial charge in [-0.05, 0) is 50.5 Å². The van der Waals surface area contributed by atoms with Gasteiger partial charge in [0.25, 0.3) is 5.91 Å². The number of rotatable bonds is 5. The number of hydrogen-bond donors (Lipinski definition) is 2. The minimum atomic E-state index is -1.22. The molecule has 4 rings (SSSR count). The number of amides is 1. The Balaban J connectivity index is 1.47. The van der Waals surface area contributed by atoms with Gasteiger partial charge in [0.15, 0.2) is 5.69 Å². The number of nitrogens with zero attached hydrogens (tertiary/aromatic N) is 3. The molecule has 0 unspecified atom stereocenters. The highest BCUT2D eigenvalue weighted by atomic mass is 19.1. The van der Waals surface area contributed by atoms with Crippen molar-refractivity contribution in [2.45, 2.75) is 38.4 Å². The number of fused-ring (bicyclic) bond motifs is 1. The summed E-state index contributed by atoms with van der Waals surface area (Å²) in [6.07, 6.45) is 4.27. The van der Waals surface area contributed by atoms with Gasteiger partial charge in [-0.1, -0.05) is 6.07 Å². The van der Waals surface area contributed by atoms with E-state index in [4.69, 9.17) is 0 Å². The molecular formula is C22H25F2N5O. The smallest absolute Gasteiger partial charge is 0.272 e. The zero-order valence-electron chi connectivity index (χ0n) is 17.1. The molecule has 30 heavy (non-hydrogen) atoms. The number of hydrogen-bond acceptors (Lipinski definition) is 4. The molecule has 6 nitrogen and oxygen atoms in total. The minimum Gasteiger partial charge on any atom is -0.348 e. The normalized spacial score (nSPS) is 16.1. The molecule has 3 aromatic rings. The van der Waals surface area contributed by atoms with Crippen LogP contribution in [-0.4, -0.2) is 57.3 Å². The average molecular weight is 413 g/mol. The van der Waals surface area contributed by atoms with Gasteiger partial charge in [0, 0.05) is 42.8 Å². The van der Waals surface area contributed by atoms with Gasteiger partial charge in [0.1, 0.15) is 11.5 Å². The molecule has 0 bridgehead atoms. The molecule has 1 aliphatic heterocycles. The fourth-order valence-corrected chi connectivity index (χ4v) is 3.96. The number of carbonyl (C=O) groups is 1. The number of piperidine rings is 1. The van der Waals surface area contributed by atoms with Gasteiger partial charge in [-0.2, -0.15) is 5.10 Å². The second-order valence-electron chi connectivity index (χ2n) is 8.47. The van der Waals surface area contributed by atoms with E-state index in [9.17, 15) is 13.6 Å². The third-order valence-corrected chi connectivity index (χ3v) is 5.34. The standard InChI is InChI=1S/C22H25F2N5O/c1-22(2,24)13-29-7-5-17(6-8-29)26-21(30)20-18-10-14(3-4-19(18)27-28-20)15-9-16(23)12-25-11-15/h3-4,9-12,17H,5-8,13H2,1-2H3,(H,26,30)(H,27,28). The summed E-state index contributed by atoms with van der Waals surface area (Å²) in [6, 6.07) is 6.90. The van der Waals surface area contributed by atoms with Crippen molar-refractivity contribution in [3.8, 4) is 11.1 Å². The first-order valence-electron chi connectivity index (χ1n) is 10.1. The summed E-state index contributed by atoms with van der Waals surface area (Å²) < 4.78 is 27.4. The first-order valence-corrected chi connectivity index (χ1v) is 10.1. The van der Waals surface area contributed by atoms with Crippen molar-refractivity contribution in [3.05, 3.63) is 48.2 Å².